The molecule has 0 saturated heterocycles. The Hall–Kier alpha value is -2.62. The Kier molecular flexibility index (Phi) is 4.65. The van der Waals surface area contributed by atoms with Crippen molar-refractivity contribution in [3.63, 3.8) is 0 Å². The number of rotatable bonds is 5. The van der Waals surface area contributed by atoms with Crippen molar-refractivity contribution in [2.45, 2.75) is 33.6 Å². The van der Waals surface area contributed by atoms with E-state index in [9.17, 15) is 4.79 Å². The van der Waals surface area contributed by atoms with E-state index in [1.165, 1.54) is 0 Å². The first-order chi connectivity index (χ1) is 11.6. The fourth-order valence-corrected chi connectivity index (χ4v) is 2.83. The summed E-state index contributed by atoms with van der Waals surface area (Å²) in [7, 11) is 0. The second-order valence-corrected chi connectivity index (χ2v) is 6.04. The molecule has 3 rings (SSSR count). The lowest BCUT2D eigenvalue weighted by Crippen LogP contribution is -2.21. The zero-order valence-electron chi connectivity index (χ0n) is 14.3. The van der Waals surface area contributed by atoms with Gasteiger partial charge < -0.3 is 9.73 Å². The lowest BCUT2D eigenvalue weighted by Gasteiger charge is -2.14. The van der Waals surface area contributed by atoms with Gasteiger partial charge in [0.2, 0.25) is 11.8 Å². The predicted molar refractivity (Wildman–Crippen MR) is 96.9 cm³/mol. The van der Waals surface area contributed by atoms with Gasteiger partial charge in [-0.2, -0.15) is 0 Å². The zero-order chi connectivity index (χ0) is 17.1. The van der Waals surface area contributed by atoms with Gasteiger partial charge in [-0.15, -0.1) is 0 Å². The van der Waals surface area contributed by atoms with Crippen molar-refractivity contribution in [3.8, 4) is 11.5 Å². The summed E-state index contributed by atoms with van der Waals surface area (Å²) in [5.74, 6) is 0.583. The first-order valence-electron chi connectivity index (χ1n) is 8.39. The third-order valence-electron chi connectivity index (χ3n) is 4.31. The Morgan fingerprint density at radius 1 is 1.17 bits per heavy atom. The number of benzene rings is 2. The van der Waals surface area contributed by atoms with Crippen molar-refractivity contribution in [2.24, 2.45) is 5.92 Å². The first kappa shape index (κ1) is 16.2. The van der Waals surface area contributed by atoms with Crippen LogP contribution in [0, 0.1) is 12.8 Å². The summed E-state index contributed by atoms with van der Waals surface area (Å²) in [5.41, 5.74) is 4.24. The van der Waals surface area contributed by atoms with Crippen molar-refractivity contribution < 1.29 is 9.21 Å². The Morgan fingerprint density at radius 3 is 2.67 bits per heavy atom. The van der Waals surface area contributed by atoms with E-state index in [1.807, 2.05) is 63.2 Å². The molecule has 1 amide bonds. The average Bonchev–Trinajstić information content (AvgIpc) is 2.99. The predicted octanol–water partition coefficient (Wildman–Crippen LogP) is 5.18. The molecule has 124 valence electrons. The van der Waals surface area contributed by atoms with Crippen LogP contribution >= 0.6 is 0 Å². The normalized spacial score (nSPS) is 11.2. The van der Waals surface area contributed by atoms with Crippen molar-refractivity contribution in [3.05, 3.63) is 48.0 Å². The number of hydrogen-bond donors (Lipinski definition) is 1. The summed E-state index contributed by atoms with van der Waals surface area (Å²) in [6.07, 6.45) is 1.65. The quantitative estimate of drug-likeness (QED) is 0.704. The number of nitrogens with one attached hydrogen (secondary N) is 1. The van der Waals surface area contributed by atoms with Gasteiger partial charge in [-0.25, -0.2) is 4.98 Å². The molecule has 0 unspecified atom stereocenters. The molecule has 0 atom stereocenters. The summed E-state index contributed by atoms with van der Waals surface area (Å²) in [4.78, 5) is 17.0. The minimum absolute atomic E-state index is 0.0179. The molecular weight excluding hydrogens is 300 g/mol. The number of aryl methyl sites for hydroxylation is 1. The first-order valence-corrected chi connectivity index (χ1v) is 8.39. The number of hydrogen-bond acceptors (Lipinski definition) is 3. The highest BCUT2D eigenvalue weighted by molar-refractivity contribution is 5.96. The summed E-state index contributed by atoms with van der Waals surface area (Å²) in [6.45, 7) is 6.09. The van der Waals surface area contributed by atoms with Crippen LogP contribution in [0.3, 0.4) is 0 Å². The van der Waals surface area contributed by atoms with Gasteiger partial charge in [-0.1, -0.05) is 32.0 Å². The second kappa shape index (κ2) is 6.87. The largest absolute Gasteiger partial charge is 0.436 e. The molecule has 0 saturated carbocycles. The van der Waals surface area contributed by atoms with E-state index in [0.717, 1.165) is 40.8 Å². The van der Waals surface area contributed by atoms with Crippen LogP contribution in [0.25, 0.3) is 22.6 Å². The summed E-state index contributed by atoms with van der Waals surface area (Å²) >= 11 is 0. The maximum atomic E-state index is 12.4. The van der Waals surface area contributed by atoms with Crippen LogP contribution in [0.2, 0.25) is 0 Å². The van der Waals surface area contributed by atoms with Crippen LogP contribution in [0.15, 0.2) is 46.9 Å². The Bertz CT molecular complexity index is 863. The van der Waals surface area contributed by atoms with Gasteiger partial charge in [0, 0.05) is 5.92 Å². The van der Waals surface area contributed by atoms with Crippen molar-refractivity contribution in [1.82, 2.24) is 4.98 Å². The second-order valence-electron chi connectivity index (χ2n) is 6.04. The van der Waals surface area contributed by atoms with Crippen LogP contribution in [0.4, 0.5) is 5.69 Å². The fourth-order valence-electron chi connectivity index (χ4n) is 2.83. The molecule has 1 heterocycles. The fraction of sp³-hybridized carbons (Fsp3) is 0.300. The van der Waals surface area contributed by atoms with Gasteiger partial charge in [0.25, 0.3) is 0 Å². The molecule has 0 fully saturated rings. The van der Waals surface area contributed by atoms with Gasteiger partial charge in [0.1, 0.15) is 5.52 Å². The number of fused-ring (bicyclic) bond motifs is 1. The summed E-state index contributed by atoms with van der Waals surface area (Å²) in [5, 5.41) is 3.03. The van der Waals surface area contributed by atoms with Gasteiger partial charge in [-0.05, 0) is 49.6 Å². The van der Waals surface area contributed by atoms with Gasteiger partial charge in [0.05, 0.1) is 11.3 Å². The average molecular weight is 322 g/mol. The Morgan fingerprint density at radius 2 is 1.92 bits per heavy atom. The SMILES string of the molecule is CCC(CC)C(=O)Nc1ccccc1-c1nc2cc(C)ccc2o1. The number of aromatic nitrogens is 1. The van der Waals surface area contributed by atoms with Crippen LogP contribution in [0.1, 0.15) is 32.3 Å². The molecule has 0 bridgehead atoms. The van der Waals surface area contributed by atoms with E-state index in [4.69, 9.17) is 4.42 Å². The molecule has 2 aromatic carbocycles. The molecule has 24 heavy (non-hydrogen) atoms. The van der Waals surface area contributed by atoms with Gasteiger partial charge in [0.15, 0.2) is 5.58 Å². The minimum atomic E-state index is 0.0179. The van der Waals surface area contributed by atoms with Crippen LogP contribution in [0.5, 0.6) is 0 Å². The lowest BCUT2D eigenvalue weighted by molar-refractivity contribution is -0.120. The summed E-state index contributed by atoms with van der Waals surface area (Å²) in [6, 6.07) is 13.5. The standard InChI is InChI=1S/C20H22N2O2/c1-4-14(5-2)19(23)21-16-9-7-6-8-15(16)20-22-17-12-13(3)10-11-18(17)24-20/h6-12,14H,4-5H2,1-3H3,(H,21,23). The number of carbonyl (C=O) groups excluding carboxylic acids is 1. The van der Waals surface area contributed by atoms with Crippen LogP contribution < -0.4 is 5.32 Å². The number of amides is 1. The number of para-hydroxylation sites is 1. The highest BCUT2D eigenvalue weighted by Crippen LogP contribution is 2.30. The molecule has 1 N–H and O–H groups in total. The monoisotopic (exact) mass is 322 g/mol. The maximum Gasteiger partial charge on any atom is 0.229 e. The van der Waals surface area contributed by atoms with Gasteiger partial charge >= 0.3 is 0 Å². The number of anilines is 1. The van der Waals surface area contributed by atoms with Crippen LogP contribution in [-0.2, 0) is 4.79 Å². The van der Waals surface area contributed by atoms with E-state index >= 15 is 0 Å². The van der Waals surface area contributed by atoms with E-state index in [-0.39, 0.29) is 11.8 Å². The molecule has 0 spiro atoms. The third kappa shape index (κ3) is 3.18. The maximum absolute atomic E-state index is 12.4. The third-order valence-corrected chi connectivity index (χ3v) is 4.31. The molecule has 1 aromatic heterocycles. The lowest BCUT2D eigenvalue weighted by atomic mass is 10.0. The Balaban J connectivity index is 1.97. The summed E-state index contributed by atoms with van der Waals surface area (Å²) < 4.78 is 5.88. The smallest absolute Gasteiger partial charge is 0.229 e. The van der Waals surface area contributed by atoms with E-state index in [0.29, 0.717) is 5.89 Å². The molecule has 3 aromatic rings. The molecular formula is C20H22N2O2. The molecule has 0 aliphatic carbocycles. The number of nitrogens with zero attached hydrogens (tertiary/aromatic N) is 1. The molecule has 0 radical (unpaired) electrons. The molecule has 0 aliphatic heterocycles. The van der Waals surface area contributed by atoms with E-state index < -0.39 is 0 Å². The number of oxazole rings is 1. The van der Waals surface area contributed by atoms with Crippen molar-refractivity contribution in [2.75, 3.05) is 5.32 Å². The van der Waals surface area contributed by atoms with Crippen molar-refractivity contribution in [1.29, 1.82) is 0 Å². The van der Waals surface area contributed by atoms with E-state index in [2.05, 4.69) is 10.3 Å². The highest BCUT2D eigenvalue weighted by Gasteiger charge is 2.18. The van der Waals surface area contributed by atoms with Crippen LogP contribution in [-0.4, -0.2) is 10.9 Å². The molecule has 0 aliphatic rings. The van der Waals surface area contributed by atoms with Crippen molar-refractivity contribution >= 4 is 22.7 Å². The number of carbonyl (C=O) groups is 1. The minimum Gasteiger partial charge on any atom is -0.436 e. The van der Waals surface area contributed by atoms with E-state index in [1.54, 1.807) is 0 Å². The molecule has 4 heteroatoms. The Labute approximate surface area is 141 Å². The zero-order valence-corrected chi connectivity index (χ0v) is 14.3. The highest BCUT2D eigenvalue weighted by atomic mass is 16.3. The van der Waals surface area contributed by atoms with Gasteiger partial charge in [-0.3, -0.25) is 4.79 Å². The molecule has 4 nitrogen and oxygen atoms in total. The topological polar surface area (TPSA) is 55.1 Å².